The molecular weight excluding hydrogens is 298 g/mol. The van der Waals surface area contributed by atoms with Crippen molar-refractivity contribution in [1.29, 1.82) is 0 Å². The fourth-order valence-corrected chi connectivity index (χ4v) is 2.33. The molecule has 1 aliphatic rings. The highest BCUT2D eigenvalue weighted by atomic mass is 16.5. The lowest BCUT2D eigenvalue weighted by Crippen LogP contribution is -2.07. The number of allylic oxidation sites excluding steroid dienone is 5. The van der Waals surface area contributed by atoms with E-state index in [1.807, 2.05) is 6.21 Å². The minimum absolute atomic E-state index is 0.207. The Bertz CT molecular complexity index is 671. The molecule has 0 bridgehead atoms. The predicted molar refractivity (Wildman–Crippen MR) is 100 cm³/mol. The predicted octanol–water partition coefficient (Wildman–Crippen LogP) is 5.22. The first-order valence-electron chi connectivity index (χ1n) is 8.67. The molecule has 0 saturated carbocycles. The Morgan fingerprint density at radius 3 is 2.83 bits per heavy atom. The quantitative estimate of drug-likeness (QED) is 0.697. The van der Waals surface area contributed by atoms with Crippen molar-refractivity contribution in [1.82, 2.24) is 10.1 Å². The Balaban J connectivity index is 1.97. The summed E-state index contributed by atoms with van der Waals surface area (Å²) in [6, 6.07) is 0. The lowest BCUT2D eigenvalue weighted by atomic mass is 9.87. The minimum Gasteiger partial charge on any atom is -0.339 e. The van der Waals surface area contributed by atoms with Crippen LogP contribution in [-0.2, 0) is 0 Å². The smallest absolute Gasteiger partial charge is 0.230 e. The summed E-state index contributed by atoms with van der Waals surface area (Å²) in [5.41, 5.74) is 2.68. The van der Waals surface area contributed by atoms with Crippen LogP contribution in [0.25, 0.3) is 5.57 Å². The molecule has 0 fully saturated rings. The monoisotopic (exact) mass is 327 g/mol. The maximum Gasteiger partial charge on any atom is 0.230 e. The van der Waals surface area contributed by atoms with Gasteiger partial charge in [-0.2, -0.15) is 4.98 Å². The maximum absolute atomic E-state index is 5.46. The SMILES string of the molecule is C/C(=C\C=C/C[C@H](C)c1nc(C2=CCN=C[C@@H]2C)no1)C(C)(C)C. The lowest BCUT2D eigenvalue weighted by Gasteiger charge is -2.18. The molecule has 1 aromatic rings. The highest BCUT2D eigenvalue weighted by Crippen LogP contribution is 2.26. The first-order chi connectivity index (χ1) is 11.3. The van der Waals surface area contributed by atoms with Gasteiger partial charge in [0.25, 0.3) is 0 Å². The van der Waals surface area contributed by atoms with E-state index in [9.17, 15) is 0 Å². The normalized spacial score (nSPS) is 20.5. The van der Waals surface area contributed by atoms with Crippen molar-refractivity contribution in [2.24, 2.45) is 16.3 Å². The second kappa shape index (κ2) is 7.73. The molecule has 0 unspecified atom stereocenters. The third-order valence-electron chi connectivity index (χ3n) is 4.51. The molecule has 0 saturated heterocycles. The van der Waals surface area contributed by atoms with Crippen molar-refractivity contribution in [3.05, 3.63) is 41.6 Å². The van der Waals surface area contributed by atoms with Crippen molar-refractivity contribution in [3.63, 3.8) is 0 Å². The van der Waals surface area contributed by atoms with Crippen LogP contribution in [0.3, 0.4) is 0 Å². The molecule has 24 heavy (non-hydrogen) atoms. The zero-order chi connectivity index (χ0) is 17.7. The molecule has 0 radical (unpaired) electrons. The van der Waals surface area contributed by atoms with Gasteiger partial charge in [0.2, 0.25) is 5.89 Å². The average molecular weight is 327 g/mol. The molecular formula is C20H29N3O. The lowest BCUT2D eigenvalue weighted by molar-refractivity contribution is 0.358. The van der Waals surface area contributed by atoms with Gasteiger partial charge in [0.15, 0.2) is 5.82 Å². The number of hydrogen-bond acceptors (Lipinski definition) is 4. The molecule has 0 aromatic carbocycles. The summed E-state index contributed by atoms with van der Waals surface area (Å²) in [5, 5.41) is 4.15. The molecule has 130 valence electrons. The van der Waals surface area contributed by atoms with Crippen LogP contribution < -0.4 is 0 Å². The van der Waals surface area contributed by atoms with E-state index in [-0.39, 0.29) is 17.3 Å². The number of dihydropyridines is 1. The zero-order valence-corrected chi connectivity index (χ0v) is 15.7. The van der Waals surface area contributed by atoms with Crippen molar-refractivity contribution >= 4 is 11.8 Å². The third-order valence-corrected chi connectivity index (χ3v) is 4.51. The summed E-state index contributed by atoms with van der Waals surface area (Å²) in [6.45, 7) is 13.7. The molecule has 2 rings (SSSR count). The Morgan fingerprint density at radius 2 is 2.17 bits per heavy atom. The second-order valence-electron chi connectivity index (χ2n) is 7.58. The molecule has 4 heteroatoms. The van der Waals surface area contributed by atoms with E-state index >= 15 is 0 Å². The minimum atomic E-state index is 0.207. The van der Waals surface area contributed by atoms with E-state index in [0.717, 1.165) is 12.0 Å². The van der Waals surface area contributed by atoms with Crippen molar-refractivity contribution in [3.8, 4) is 0 Å². The first-order valence-corrected chi connectivity index (χ1v) is 8.67. The molecule has 0 spiro atoms. The van der Waals surface area contributed by atoms with Crippen LogP contribution in [0, 0.1) is 11.3 Å². The summed E-state index contributed by atoms with van der Waals surface area (Å²) in [4.78, 5) is 8.84. The van der Waals surface area contributed by atoms with Gasteiger partial charge in [-0.15, -0.1) is 0 Å². The first kappa shape index (κ1) is 18.4. The Kier molecular flexibility index (Phi) is 5.92. The standard InChI is InChI=1S/C20H29N3O/c1-14(9-7-8-10-16(3)20(4,5)6)19-22-18(23-24-19)17-11-12-21-13-15(17)2/h7-8,10-11,13-15H,9,12H2,1-6H3/b8-7-,16-10+/t14-,15-/m0/s1. The average Bonchev–Trinajstić information content (AvgIpc) is 3.00. The van der Waals surface area contributed by atoms with E-state index < -0.39 is 0 Å². The summed E-state index contributed by atoms with van der Waals surface area (Å²) in [7, 11) is 0. The van der Waals surface area contributed by atoms with Crippen LogP contribution in [-0.4, -0.2) is 22.9 Å². The maximum atomic E-state index is 5.46. The Labute approximate surface area is 145 Å². The van der Waals surface area contributed by atoms with Gasteiger partial charge in [0.05, 0.1) is 6.54 Å². The topological polar surface area (TPSA) is 51.3 Å². The van der Waals surface area contributed by atoms with Gasteiger partial charge in [0.1, 0.15) is 0 Å². The van der Waals surface area contributed by atoms with E-state index in [2.05, 4.69) is 81.0 Å². The molecule has 1 aliphatic heterocycles. The van der Waals surface area contributed by atoms with Crippen LogP contribution in [0.4, 0.5) is 0 Å². The van der Waals surface area contributed by atoms with Gasteiger partial charge in [-0.05, 0) is 18.8 Å². The third kappa shape index (κ3) is 4.76. The van der Waals surface area contributed by atoms with Crippen LogP contribution in [0.15, 0.2) is 39.4 Å². The molecule has 1 aromatic heterocycles. The van der Waals surface area contributed by atoms with Crippen LogP contribution in [0.1, 0.15) is 65.6 Å². The fraction of sp³-hybridized carbons (Fsp3) is 0.550. The summed E-state index contributed by atoms with van der Waals surface area (Å²) in [6.07, 6.45) is 11.4. The van der Waals surface area contributed by atoms with Crippen molar-refractivity contribution in [2.75, 3.05) is 6.54 Å². The Morgan fingerprint density at radius 1 is 1.42 bits per heavy atom. The molecule has 0 amide bonds. The molecule has 2 atom stereocenters. The van der Waals surface area contributed by atoms with Gasteiger partial charge in [-0.3, -0.25) is 4.99 Å². The number of hydrogen-bond donors (Lipinski definition) is 0. The van der Waals surface area contributed by atoms with E-state index in [1.165, 1.54) is 5.57 Å². The van der Waals surface area contributed by atoms with Crippen molar-refractivity contribution < 1.29 is 4.52 Å². The van der Waals surface area contributed by atoms with Crippen molar-refractivity contribution in [2.45, 2.75) is 53.9 Å². The van der Waals surface area contributed by atoms with Crippen LogP contribution in [0.5, 0.6) is 0 Å². The van der Waals surface area contributed by atoms with Gasteiger partial charge in [-0.1, -0.05) is 69.7 Å². The van der Waals surface area contributed by atoms with Gasteiger partial charge in [0, 0.05) is 23.6 Å². The Hall–Kier alpha value is -1.97. The highest BCUT2D eigenvalue weighted by molar-refractivity contribution is 5.82. The fourth-order valence-electron chi connectivity index (χ4n) is 2.33. The summed E-state index contributed by atoms with van der Waals surface area (Å²) in [5.74, 6) is 1.84. The molecule has 0 N–H and O–H groups in total. The van der Waals surface area contributed by atoms with Gasteiger partial charge >= 0.3 is 0 Å². The number of aliphatic imine (C=N–C) groups is 1. The number of aromatic nitrogens is 2. The van der Waals surface area contributed by atoms with Gasteiger partial charge < -0.3 is 4.52 Å². The van der Waals surface area contributed by atoms with E-state index in [0.29, 0.717) is 18.3 Å². The summed E-state index contributed by atoms with van der Waals surface area (Å²) < 4.78 is 5.46. The van der Waals surface area contributed by atoms with E-state index in [4.69, 9.17) is 4.52 Å². The molecule has 4 nitrogen and oxygen atoms in total. The summed E-state index contributed by atoms with van der Waals surface area (Å²) >= 11 is 0. The highest BCUT2D eigenvalue weighted by Gasteiger charge is 2.19. The zero-order valence-electron chi connectivity index (χ0n) is 15.7. The van der Waals surface area contributed by atoms with Crippen LogP contribution in [0.2, 0.25) is 0 Å². The largest absolute Gasteiger partial charge is 0.339 e. The number of rotatable bonds is 5. The van der Waals surface area contributed by atoms with Crippen LogP contribution >= 0.6 is 0 Å². The molecule has 2 heterocycles. The number of nitrogens with zero attached hydrogens (tertiary/aromatic N) is 3. The van der Waals surface area contributed by atoms with Gasteiger partial charge in [-0.25, -0.2) is 0 Å². The molecule has 0 aliphatic carbocycles. The van der Waals surface area contributed by atoms with E-state index in [1.54, 1.807) is 0 Å². The second-order valence-corrected chi connectivity index (χ2v) is 7.58.